The van der Waals surface area contributed by atoms with E-state index in [0.29, 0.717) is 30.4 Å². The van der Waals surface area contributed by atoms with Gasteiger partial charge >= 0.3 is 5.97 Å². The van der Waals surface area contributed by atoms with E-state index in [2.05, 4.69) is 34.1 Å². The van der Waals surface area contributed by atoms with Crippen molar-refractivity contribution in [3.8, 4) is 5.75 Å². The number of hydrogen-bond acceptors (Lipinski definition) is 4. The van der Waals surface area contributed by atoms with Crippen molar-refractivity contribution in [2.45, 2.75) is 32.1 Å². The third kappa shape index (κ3) is 6.23. The van der Waals surface area contributed by atoms with Gasteiger partial charge in [0.2, 0.25) is 0 Å². The number of benzene rings is 3. The number of rotatable bonds is 9. The maximum Gasteiger partial charge on any atom is 0.352 e. The highest BCUT2D eigenvalue weighted by Crippen LogP contribution is 2.31. The van der Waals surface area contributed by atoms with Crippen LogP contribution in [0, 0.1) is 5.82 Å². The lowest BCUT2D eigenvalue weighted by molar-refractivity contribution is -0.210. The van der Waals surface area contributed by atoms with Crippen LogP contribution < -0.4 is 10.4 Å². The zero-order valence-corrected chi connectivity index (χ0v) is 19.4. The lowest BCUT2D eigenvalue weighted by Gasteiger charge is -2.19. The smallest absolute Gasteiger partial charge is 0.329 e. The first-order valence-electron chi connectivity index (χ1n) is 11.5. The largest absolute Gasteiger partial charge is 0.352 e. The van der Waals surface area contributed by atoms with E-state index in [4.69, 9.17) is 4.89 Å². The molecule has 6 heteroatoms. The molecule has 0 fully saturated rings. The number of pyridine rings is 1. The summed E-state index contributed by atoms with van der Waals surface area (Å²) < 4.78 is 14.3. The van der Waals surface area contributed by atoms with Crippen molar-refractivity contribution in [1.82, 2.24) is 4.98 Å². The molecule has 0 amide bonds. The van der Waals surface area contributed by atoms with Gasteiger partial charge in [0.05, 0.1) is 0 Å². The molecule has 0 radical (unpaired) electrons. The van der Waals surface area contributed by atoms with Crippen molar-refractivity contribution in [3.05, 3.63) is 135 Å². The first-order chi connectivity index (χ1) is 17.0. The van der Waals surface area contributed by atoms with Crippen LogP contribution in [0.1, 0.15) is 47.1 Å². The molecule has 1 heterocycles. The quantitative estimate of drug-likeness (QED) is 0.250. The SMILES string of the molecule is CC(=O)OOc1ccc(F)c(CCCc2cc(C(c3ccccc3)c3ccccc3)c[nH]c2=O)c1. The van der Waals surface area contributed by atoms with Gasteiger partial charge in [0.1, 0.15) is 5.82 Å². The van der Waals surface area contributed by atoms with E-state index in [-0.39, 0.29) is 23.0 Å². The molecule has 0 saturated carbocycles. The van der Waals surface area contributed by atoms with E-state index in [9.17, 15) is 14.0 Å². The average molecular weight is 472 g/mol. The fourth-order valence-corrected chi connectivity index (χ4v) is 4.14. The zero-order chi connectivity index (χ0) is 24.6. The molecule has 4 aromatic rings. The standard InChI is InChI=1S/C29H26FNO4/c1-20(32)34-35-26-15-16-27(30)23(18-26)13-8-14-24-17-25(19-31-29(24)33)28(21-9-4-2-5-10-21)22-11-6-3-7-12-22/h2-7,9-12,15-19,28H,8,13-14H2,1H3,(H,31,33). The molecule has 0 saturated heterocycles. The first-order valence-corrected chi connectivity index (χ1v) is 11.5. The van der Waals surface area contributed by atoms with Crippen LogP contribution in [0.2, 0.25) is 0 Å². The molecule has 35 heavy (non-hydrogen) atoms. The summed E-state index contributed by atoms with van der Waals surface area (Å²) in [5.74, 6) is -0.763. The Morgan fingerprint density at radius 3 is 2.11 bits per heavy atom. The van der Waals surface area contributed by atoms with Crippen LogP contribution in [-0.2, 0) is 22.5 Å². The number of halogens is 1. The van der Waals surface area contributed by atoms with Crippen LogP contribution in [0.25, 0.3) is 0 Å². The maximum absolute atomic E-state index is 14.3. The summed E-state index contributed by atoms with van der Waals surface area (Å²) >= 11 is 0. The Morgan fingerprint density at radius 2 is 1.49 bits per heavy atom. The van der Waals surface area contributed by atoms with Gasteiger partial charge in [0.15, 0.2) is 5.75 Å². The second-order valence-corrected chi connectivity index (χ2v) is 8.31. The molecular formula is C29H26FNO4. The number of aromatic nitrogens is 1. The molecule has 178 valence electrons. The van der Waals surface area contributed by atoms with Crippen molar-refractivity contribution < 1.29 is 19.0 Å². The third-order valence-corrected chi connectivity index (χ3v) is 5.77. The highest BCUT2D eigenvalue weighted by Gasteiger charge is 2.18. The van der Waals surface area contributed by atoms with E-state index in [1.807, 2.05) is 42.5 Å². The Hall–Kier alpha value is -4.19. The molecule has 0 unspecified atom stereocenters. The minimum absolute atomic E-state index is 0.0273. The monoisotopic (exact) mass is 471 g/mol. The van der Waals surface area contributed by atoms with Crippen LogP contribution in [0.5, 0.6) is 5.75 Å². The van der Waals surface area contributed by atoms with Gasteiger partial charge in [-0.2, -0.15) is 0 Å². The van der Waals surface area contributed by atoms with E-state index >= 15 is 0 Å². The van der Waals surface area contributed by atoms with E-state index < -0.39 is 5.97 Å². The zero-order valence-electron chi connectivity index (χ0n) is 19.4. The van der Waals surface area contributed by atoms with Gasteiger partial charge in [-0.15, -0.1) is 0 Å². The van der Waals surface area contributed by atoms with Gasteiger partial charge in [-0.25, -0.2) is 9.18 Å². The molecule has 0 atom stereocenters. The molecular weight excluding hydrogens is 445 g/mol. The van der Waals surface area contributed by atoms with Gasteiger partial charge in [-0.05, 0) is 65.8 Å². The van der Waals surface area contributed by atoms with Gasteiger partial charge in [-0.1, -0.05) is 60.7 Å². The van der Waals surface area contributed by atoms with Crippen LogP contribution >= 0.6 is 0 Å². The highest BCUT2D eigenvalue weighted by molar-refractivity contribution is 5.65. The van der Waals surface area contributed by atoms with Gasteiger partial charge in [0.25, 0.3) is 5.56 Å². The van der Waals surface area contributed by atoms with E-state index in [1.54, 1.807) is 6.20 Å². The Balaban J connectivity index is 1.53. The number of carbonyl (C=O) groups excluding carboxylic acids is 1. The molecule has 0 bridgehead atoms. The van der Waals surface area contributed by atoms with Crippen molar-refractivity contribution in [1.29, 1.82) is 0 Å². The minimum Gasteiger partial charge on any atom is -0.329 e. The Kier molecular flexibility index (Phi) is 7.73. The summed E-state index contributed by atoms with van der Waals surface area (Å²) in [6, 6.07) is 26.4. The van der Waals surface area contributed by atoms with Crippen LogP contribution in [-0.4, -0.2) is 11.0 Å². The van der Waals surface area contributed by atoms with Crippen molar-refractivity contribution in [2.75, 3.05) is 0 Å². The van der Waals surface area contributed by atoms with Crippen LogP contribution in [0.15, 0.2) is 95.9 Å². The molecule has 1 aromatic heterocycles. The Labute approximate surface area is 203 Å². The second kappa shape index (κ2) is 11.3. The number of hydrogen-bond donors (Lipinski definition) is 1. The summed E-state index contributed by atoms with van der Waals surface area (Å²) in [5.41, 5.74) is 4.16. The van der Waals surface area contributed by atoms with Gasteiger partial charge in [-0.3, -0.25) is 14.6 Å². The second-order valence-electron chi connectivity index (χ2n) is 8.31. The number of carbonyl (C=O) groups is 1. The third-order valence-electron chi connectivity index (χ3n) is 5.77. The Bertz CT molecular complexity index is 1300. The molecule has 0 aliphatic rings. The number of aromatic amines is 1. The average Bonchev–Trinajstić information content (AvgIpc) is 2.87. The molecule has 0 spiro atoms. The fourth-order valence-electron chi connectivity index (χ4n) is 4.14. The summed E-state index contributed by atoms with van der Waals surface area (Å²) in [6.45, 7) is 1.22. The first kappa shape index (κ1) is 24.0. The summed E-state index contributed by atoms with van der Waals surface area (Å²) in [7, 11) is 0. The lowest BCUT2D eigenvalue weighted by Crippen LogP contribution is -2.15. The highest BCUT2D eigenvalue weighted by atomic mass is 19.1. The molecule has 5 nitrogen and oxygen atoms in total. The number of H-pyrrole nitrogens is 1. The van der Waals surface area contributed by atoms with Crippen molar-refractivity contribution in [2.24, 2.45) is 0 Å². The fraction of sp³-hybridized carbons (Fsp3) is 0.172. The van der Waals surface area contributed by atoms with E-state index in [1.165, 1.54) is 25.1 Å². The predicted octanol–water partition coefficient (Wildman–Crippen LogP) is 5.73. The number of nitrogens with one attached hydrogen (secondary N) is 1. The minimum atomic E-state index is -0.598. The predicted molar refractivity (Wildman–Crippen MR) is 132 cm³/mol. The molecule has 0 aliphatic carbocycles. The maximum atomic E-state index is 14.3. The Morgan fingerprint density at radius 1 is 0.857 bits per heavy atom. The number of aryl methyl sites for hydroxylation is 2. The molecule has 1 N–H and O–H groups in total. The normalized spacial score (nSPS) is 10.8. The van der Waals surface area contributed by atoms with Crippen molar-refractivity contribution >= 4 is 5.97 Å². The summed E-state index contributed by atoms with van der Waals surface area (Å²) in [5, 5.41) is 0. The topological polar surface area (TPSA) is 68.4 Å². The van der Waals surface area contributed by atoms with Crippen LogP contribution in [0.3, 0.4) is 0 Å². The summed E-state index contributed by atoms with van der Waals surface area (Å²) in [4.78, 5) is 35.8. The van der Waals surface area contributed by atoms with Gasteiger partial charge < -0.3 is 4.98 Å². The summed E-state index contributed by atoms with van der Waals surface area (Å²) in [6.07, 6.45) is 3.20. The van der Waals surface area contributed by atoms with Crippen molar-refractivity contribution in [3.63, 3.8) is 0 Å². The molecule has 4 rings (SSSR count). The van der Waals surface area contributed by atoms with Gasteiger partial charge in [0, 0.05) is 24.6 Å². The van der Waals surface area contributed by atoms with E-state index in [0.717, 1.165) is 16.7 Å². The van der Waals surface area contributed by atoms with Crippen LogP contribution in [0.4, 0.5) is 4.39 Å². The molecule has 3 aromatic carbocycles. The molecule has 0 aliphatic heterocycles. The lowest BCUT2D eigenvalue weighted by atomic mass is 9.85.